The summed E-state index contributed by atoms with van der Waals surface area (Å²) in [6, 6.07) is 0. The van der Waals surface area contributed by atoms with Crippen LogP contribution in [0.1, 0.15) is 20.8 Å². The topological polar surface area (TPSA) is 21.6 Å². The molecule has 0 spiro atoms. The lowest BCUT2D eigenvalue weighted by Crippen LogP contribution is -2.13. The molecule has 0 aliphatic rings. The van der Waals surface area contributed by atoms with E-state index in [1.54, 1.807) is 0 Å². The van der Waals surface area contributed by atoms with Crippen molar-refractivity contribution in [3.63, 3.8) is 0 Å². The van der Waals surface area contributed by atoms with Crippen molar-refractivity contribution in [3.8, 4) is 0 Å². The molecular formula is C11H17F2NO. The highest BCUT2D eigenvalue weighted by Gasteiger charge is 2.21. The summed E-state index contributed by atoms with van der Waals surface area (Å²) in [5.74, 6) is 0.262. The Hall–Kier alpha value is -1.19. The Morgan fingerprint density at radius 1 is 1.47 bits per heavy atom. The Kier molecular flexibility index (Phi) is 5.19. The van der Waals surface area contributed by atoms with Crippen molar-refractivity contribution in [2.24, 2.45) is 10.4 Å². The van der Waals surface area contributed by atoms with Crippen LogP contribution in [-0.2, 0) is 4.74 Å². The molecule has 0 atom stereocenters. The fourth-order valence-electron chi connectivity index (χ4n) is 1.06. The van der Waals surface area contributed by atoms with Gasteiger partial charge in [0.15, 0.2) is 0 Å². The average molecular weight is 217 g/mol. The van der Waals surface area contributed by atoms with Gasteiger partial charge < -0.3 is 4.74 Å². The number of aliphatic imine (C=N–C) groups is 1. The Bertz CT molecular complexity index is 264. The SMILES string of the molecule is C=C/C(OCC(F)F)=C(\N=C)C(C)(C)C. The molecule has 15 heavy (non-hydrogen) atoms. The average Bonchev–Trinajstić information content (AvgIpc) is 2.09. The zero-order valence-electron chi connectivity index (χ0n) is 9.39. The maximum atomic E-state index is 12.0. The molecular weight excluding hydrogens is 200 g/mol. The molecule has 0 N–H and O–H groups in total. The van der Waals surface area contributed by atoms with Crippen LogP contribution in [0.25, 0.3) is 0 Å². The van der Waals surface area contributed by atoms with Crippen LogP contribution >= 0.6 is 0 Å². The summed E-state index contributed by atoms with van der Waals surface area (Å²) in [7, 11) is 0. The van der Waals surface area contributed by atoms with E-state index in [0.29, 0.717) is 5.70 Å². The maximum Gasteiger partial charge on any atom is 0.272 e. The molecule has 0 aromatic carbocycles. The van der Waals surface area contributed by atoms with Crippen LogP contribution in [0.3, 0.4) is 0 Å². The van der Waals surface area contributed by atoms with Gasteiger partial charge in [0.1, 0.15) is 12.4 Å². The first kappa shape index (κ1) is 13.8. The van der Waals surface area contributed by atoms with Crippen LogP contribution < -0.4 is 0 Å². The number of ether oxygens (including phenoxy) is 1. The van der Waals surface area contributed by atoms with Gasteiger partial charge in [0.25, 0.3) is 6.43 Å². The second kappa shape index (κ2) is 5.63. The Balaban J connectivity index is 4.92. The zero-order valence-corrected chi connectivity index (χ0v) is 9.39. The number of halogens is 2. The summed E-state index contributed by atoms with van der Waals surface area (Å²) < 4.78 is 28.8. The van der Waals surface area contributed by atoms with Gasteiger partial charge in [0.2, 0.25) is 0 Å². The lowest BCUT2D eigenvalue weighted by molar-refractivity contribution is 0.0504. The summed E-state index contributed by atoms with van der Waals surface area (Å²) in [5.41, 5.74) is 0.214. The molecule has 0 radical (unpaired) electrons. The summed E-state index contributed by atoms with van der Waals surface area (Å²) in [4.78, 5) is 3.80. The van der Waals surface area contributed by atoms with E-state index in [0.717, 1.165) is 0 Å². The van der Waals surface area contributed by atoms with Gasteiger partial charge in [-0.25, -0.2) is 8.78 Å². The molecule has 0 heterocycles. The third-order valence-electron chi connectivity index (χ3n) is 1.65. The highest BCUT2D eigenvalue weighted by molar-refractivity contribution is 5.34. The first-order chi connectivity index (χ1) is 6.82. The molecule has 0 bridgehead atoms. The van der Waals surface area contributed by atoms with Gasteiger partial charge in [-0.3, -0.25) is 4.99 Å². The van der Waals surface area contributed by atoms with Crippen molar-refractivity contribution >= 4 is 6.72 Å². The first-order valence-electron chi connectivity index (χ1n) is 4.57. The summed E-state index contributed by atoms with van der Waals surface area (Å²) in [5, 5.41) is 0. The molecule has 0 aromatic rings. The Morgan fingerprint density at radius 2 is 2.00 bits per heavy atom. The van der Waals surface area contributed by atoms with Gasteiger partial charge in [-0.2, -0.15) is 0 Å². The minimum absolute atomic E-state index is 0.262. The van der Waals surface area contributed by atoms with E-state index in [1.165, 1.54) is 6.08 Å². The third-order valence-corrected chi connectivity index (χ3v) is 1.65. The summed E-state index contributed by atoms with van der Waals surface area (Å²) >= 11 is 0. The molecule has 0 aromatic heterocycles. The second-order valence-electron chi connectivity index (χ2n) is 4.03. The van der Waals surface area contributed by atoms with Crippen molar-refractivity contribution in [2.45, 2.75) is 27.2 Å². The van der Waals surface area contributed by atoms with Gasteiger partial charge in [-0.1, -0.05) is 27.4 Å². The molecule has 0 aliphatic heterocycles. The molecule has 86 valence electrons. The van der Waals surface area contributed by atoms with E-state index >= 15 is 0 Å². The number of nitrogens with zero attached hydrogens (tertiary/aromatic N) is 1. The summed E-state index contributed by atoms with van der Waals surface area (Å²) in [6.45, 7) is 11.9. The van der Waals surface area contributed by atoms with E-state index in [-0.39, 0.29) is 11.2 Å². The van der Waals surface area contributed by atoms with Crippen LogP contribution in [0.5, 0.6) is 0 Å². The van der Waals surface area contributed by atoms with Crippen molar-refractivity contribution < 1.29 is 13.5 Å². The summed E-state index contributed by atoms with van der Waals surface area (Å²) in [6.07, 6.45) is -1.14. The molecule has 0 fully saturated rings. The van der Waals surface area contributed by atoms with Crippen LogP contribution in [0, 0.1) is 5.41 Å². The van der Waals surface area contributed by atoms with Crippen LogP contribution in [0.2, 0.25) is 0 Å². The largest absolute Gasteiger partial charge is 0.486 e. The quantitative estimate of drug-likeness (QED) is 0.393. The number of hydrogen-bond acceptors (Lipinski definition) is 2. The zero-order chi connectivity index (χ0) is 12.1. The van der Waals surface area contributed by atoms with Gasteiger partial charge in [-0.05, 0) is 12.8 Å². The van der Waals surface area contributed by atoms with Crippen LogP contribution in [0.15, 0.2) is 29.1 Å². The minimum atomic E-state index is -2.51. The number of alkyl halides is 2. The smallest absolute Gasteiger partial charge is 0.272 e. The number of allylic oxidation sites excluding steroid dienone is 2. The van der Waals surface area contributed by atoms with Crippen molar-refractivity contribution in [2.75, 3.05) is 6.61 Å². The van der Waals surface area contributed by atoms with Crippen molar-refractivity contribution in [1.29, 1.82) is 0 Å². The molecule has 0 amide bonds. The lowest BCUT2D eigenvalue weighted by atomic mass is 9.91. The van der Waals surface area contributed by atoms with E-state index in [2.05, 4.69) is 18.3 Å². The predicted octanol–water partition coefficient (Wildman–Crippen LogP) is 3.41. The van der Waals surface area contributed by atoms with E-state index in [1.807, 2.05) is 20.8 Å². The Morgan fingerprint density at radius 3 is 2.27 bits per heavy atom. The first-order valence-corrected chi connectivity index (χ1v) is 4.57. The number of hydrogen-bond donors (Lipinski definition) is 0. The highest BCUT2D eigenvalue weighted by atomic mass is 19.3. The monoisotopic (exact) mass is 217 g/mol. The molecule has 4 heteroatoms. The molecule has 0 saturated heterocycles. The normalized spacial score (nSPS) is 13.5. The van der Waals surface area contributed by atoms with Crippen LogP contribution in [-0.4, -0.2) is 19.7 Å². The van der Waals surface area contributed by atoms with Crippen LogP contribution in [0.4, 0.5) is 8.78 Å². The lowest BCUT2D eigenvalue weighted by Gasteiger charge is -2.21. The molecule has 0 rings (SSSR count). The van der Waals surface area contributed by atoms with E-state index in [9.17, 15) is 8.78 Å². The molecule has 2 nitrogen and oxygen atoms in total. The van der Waals surface area contributed by atoms with Crippen molar-refractivity contribution in [1.82, 2.24) is 0 Å². The van der Waals surface area contributed by atoms with E-state index in [4.69, 9.17) is 4.74 Å². The maximum absolute atomic E-state index is 12.0. The standard InChI is InChI=1S/C11H17F2NO/c1-6-8(15-7-9(12)13)10(14-5)11(2,3)4/h6,9H,1,5,7H2,2-4H3/b10-8+. The third kappa shape index (κ3) is 4.72. The van der Waals surface area contributed by atoms with Gasteiger partial charge >= 0.3 is 0 Å². The molecule has 0 aliphatic carbocycles. The predicted molar refractivity (Wildman–Crippen MR) is 58.2 cm³/mol. The fraction of sp³-hybridized carbons (Fsp3) is 0.545. The second-order valence-corrected chi connectivity index (χ2v) is 4.03. The molecule has 0 saturated carbocycles. The minimum Gasteiger partial charge on any atom is -0.486 e. The van der Waals surface area contributed by atoms with Gasteiger partial charge in [0.05, 0.1) is 5.70 Å². The highest BCUT2D eigenvalue weighted by Crippen LogP contribution is 2.29. The molecule has 0 unspecified atom stereocenters. The van der Waals surface area contributed by atoms with Gasteiger partial charge in [0, 0.05) is 5.41 Å². The van der Waals surface area contributed by atoms with Gasteiger partial charge in [-0.15, -0.1) is 0 Å². The van der Waals surface area contributed by atoms with E-state index < -0.39 is 13.0 Å². The Labute approximate surface area is 89.3 Å². The van der Waals surface area contributed by atoms with Crippen molar-refractivity contribution in [3.05, 3.63) is 24.1 Å². The number of rotatable bonds is 5. The fourth-order valence-corrected chi connectivity index (χ4v) is 1.06.